The van der Waals surface area contributed by atoms with Gasteiger partial charge in [-0.15, -0.1) is 0 Å². The molecule has 0 radical (unpaired) electrons. The van der Waals surface area contributed by atoms with Crippen LogP contribution in [0.1, 0.15) is 25.7 Å². The maximum absolute atomic E-state index is 9.68. The van der Waals surface area contributed by atoms with Gasteiger partial charge in [0.15, 0.2) is 0 Å². The van der Waals surface area contributed by atoms with Gasteiger partial charge >= 0.3 is 0 Å². The molecule has 2 heterocycles. The lowest BCUT2D eigenvalue weighted by molar-refractivity contribution is 0.302. The lowest BCUT2D eigenvalue weighted by Gasteiger charge is -2.09. The minimum absolute atomic E-state index is 0.220. The Morgan fingerprint density at radius 3 is 2.00 bits per heavy atom. The summed E-state index contributed by atoms with van der Waals surface area (Å²) in [5.74, 6) is 2.67. The van der Waals surface area contributed by atoms with E-state index in [0.717, 1.165) is 70.2 Å². The third-order valence-electron chi connectivity index (χ3n) is 6.12. The van der Waals surface area contributed by atoms with Crippen LogP contribution in [-0.2, 0) is 0 Å². The number of rotatable bonds is 10. The summed E-state index contributed by atoms with van der Waals surface area (Å²) in [5.41, 5.74) is 5.48. The fourth-order valence-electron chi connectivity index (χ4n) is 4.21. The Morgan fingerprint density at radius 2 is 1.34 bits per heavy atom. The first-order valence-electron chi connectivity index (χ1n) is 12.1. The van der Waals surface area contributed by atoms with E-state index in [4.69, 9.17) is 9.72 Å². The second kappa shape index (κ2) is 10.2. The molecule has 2 aromatic heterocycles. The number of aromatic nitrogens is 4. The van der Waals surface area contributed by atoms with E-state index in [1.165, 1.54) is 19.3 Å². The number of unbranched alkanes of at least 4 members (excludes halogenated alkanes) is 3. The van der Waals surface area contributed by atoms with Crippen molar-refractivity contribution in [1.82, 2.24) is 24.8 Å². The molecule has 7 heteroatoms. The molecule has 35 heavy (non-hydrogen) atoms. The van der Waals surface area contributed by atoms with E-state index >= 15 is 0 Å². The predicted molar refractivity (Wildman–Crippen MR) is 141 cm³/mol. The Morgan fingerprint density at radius 1 is 0.743 bits per heavy atom. The lowest BCUT2D eigenvalue weighted by Crippen LogP contribution is -2.12. The maximum Gasteiger partial charge on any atom is 0.138 e. The van der Waals surface area contributed by atoms with Crippen LogP contribution in [0.25, 0.3) is 44.8 Å². The zero-order valence-electron chi connectivity index (χ0n) is 20.2. The monoisotopic (exact) mass is 469 g/mol. The van der Waals surface area contributed by atoms with Crippen molar-refractivity contribution in [2.75, 3.05) is 27.2 Å². The Balaban J connectivity index is 1.22. The quantitative estimate of drug-likeness (QED) is 0.219. The first-order chi connectivity index (χ1) is 17.0. The fourth-order valence-corrected chi connectivity index (χ4v) is 4.21. The third kappa shape index (κ3) is 5.46. The number of phenols is 1. The van der Waals surface area contributed by atoms with E-state index in [2.05, 4.69) is 33.9 Å². The number of hydrogen-bond donors (Lipinski definition) is 3. The highest BCUT2D eigenvalue weighted by Gasteiger charge is 2.09. The van der Waals surface area contributed by atoms with E-state index in [1.807, 2.05) is 42.5 Å². The van der Waals surface area contributed by atoms with Crippen molar-refractivity contribution in [3.63, 3.8) is 0 Å². The smallest absolute Gasteiger partial charge is 0.138 e. The molecule has 0 saturated carbocycles. The number of aromatic hydroxyl groups is 1. The molecule has 0 fully saturated rings. The number of nitrogens with one attached hydrogen (secondary N) is 2. The highest BCUT2D eigenvalue weighted by molar-refractivity contribution is 5.82. The molecule has 0 atom stereocenters. The molecular weight excluding hydrogens is 438 g/mol. The van der Waals surface area contributed by atoms with Crippen LogP contribution in [0, 0.1) is 0 Å². The van der Waals surface area contributed by atoms with Crippen LogP contribution in [-0.4, -0.2) is 57.2 Å². The van der Waals surface area contributed by atoms with Crippen LogP contribution < -0.4 is 4.74 Å². The van der Waals surface area contributed by atoms with Gasteiger partial charge in [-0.1, -0.05) is 37.1 Å². The number of benzene rings is 3. The number of ether oxygens (including phenoxy) is 1. The zero-order chi connectivity index (χ0) is 24.2. The van der Waals surface area contributed by atoms with Crippen molar-refractivity contribution in [2.24, 2.45) is 0 Å². The highest BCUT2D eigenvalue weighted by atomic mass is 16.5. The summed E-state index contributed by atoms with van der Waals surface area (Å²) in [6.07, 6.45) is 4.73. The van der Waals surface area contributed by atoms with E-state index in [1.54, 1.807) is 18.2 Å². The molecular formula is C28H31N5O2. The van der Waals surface area contributed by atoms with E-state index < -0.39 is 0 Å². The number of imidazole rings is 2. The van der Waals surface area contributed by atoms with Crippen LogP contribution in [0.2, 0.25) is 0 Å². The minimum atomic E-state index is 0.220. The summed E-state index contributed by atoms with van der Waals surface area (Å²) in [4.78, 5) is 18.3. The summed E-state index contributed by atoms with van der Waals surface area (Å²) < 4.78 is 5.97. The summed E-state index contributed by atoms with van der Waals surface area (Å²) in [6, 6.07) is 19.2. The SMILES string of the molecule is CN(C)CCCCCCOc1ccc2nc(-c3ccc(-c4nc5ccc(O)cc5[nH]4)cc3)[nH]c2c1. The van der Waals surface area contributed by atoms with Crippen molar-refractivity contribution in [2.45, 2.75) is 25.7 Å². The van der Waals surface area contributed by atoms with Gasteiger partial charge in [-0.05, 0) is 57.7 Å². The van der Waals surface area contributed by atoms with Gasteiger partial charge in [-0.25, -0.2) is 9.97 Å². The van der Waals surface area contributed by atoms with Gasteiger partial charge in [-0.2, -0.15) is 0 Å². The van der Waals surface area contributed by atoms with Gasteiger partial charge in [0.1, 0.15) is 23.1 Å². The van der Waals surface area contributed by atoms with Crippen LogP contribution in [0.3, 0.4) is 0 Å². The largest absolute Gasteiger partial charge is 0.508 e. The summed E-state index contributed by atoms with van der Waals surface area (Å²) in [7, 11) is 4.23. The fraction of sp³-hybridized carbons (Fsp3) is 0.286. The zero-order valence-corrected chi connectivity index (χ0v) is 20.2. The maximum atomic E-state index is 9.68. The van der Waals surface area contributed by atoms with Crippen LogP contribution in [0.15, 0.2) is 60.7 Å². The first-order valence-corrected chi connectivity index (χ1v) is 12.1. The van der Waals surface area contributed by atoms with Gasteiger partial charge in [-0.3, -0.25) is 0 Å². The van der Waals surface area contributed by atoms with E-state index in [-0.39, 0.29) is 5.75 Å². The Bertz CT molecular complexity index is 1420. The van der Waals surface area contributed by atoms with Crippen molar-refractivity contribution in [3.05, 3.63) is 60.7 Å². The van der Waals surface area contributed by atoms with E-state index in [9.17, 15) is 5.11 Å². The Kier molecular flexibility index (Phi) is 6.68. The molecule has 0 bridgehead atoms. The summed E-state index contributed by atoms with van der Waals surface area (Å²) in [6.45, 7) is 1.88. The van der Waals surface area contributed by atoms with E-state index in [0.29, 0.717) is 0 Å². The number of nitrogens with zero attached hydrogens (tertiary/aromatic N) is 3. The standard InChI is InChI=1S/C28H31N5O2/c1-33(2)15-5-3-4-6-16-35-22-12-14-24-26(18-22)32-28(30-24)20-9-7-19(8-10-20)27-29-23-13-11-21(34)17-25(23)31-27/h7-14,17-18,34H,3-6,15-16H2,1-2H3,(H,29,31)(H,30,32). The topological polar surface area (TPSA) is 90.1 Å². The molecule has 7 nitrogen and oxygen atoms in total. The molecule has 0 saturated heterocycles. The minimum Gasteiger partial charge on any atom is -0.508 e. The average molecular weight is 470 g/mol. The number of hydrogen-bond acceptors (Lipinski definition) is 5. The van der Waals surface area contributed by atoms with Crippen molar-refractivity contribution < 1.29 is 9.84 Å². The number of H-pyrrole nitrogens is 2. The van der Waals surface area contributed by atoms with Gasteiger partial charge in [0.25, 0.3) is 0 Å². The molecule has 0 amide bonds. The highest BCUT2D eigenvalue weighted by Crippen LogP contribution is 2.27. The number of phenolic OH excluding ortho intramolecular Hbond substituents is 1. The average Bonchev–Trinajstić information content (AvgIpc) is 3.47. The van der Waals surface area contributed by atoms with Crippen LogP contribution >= 0.6 is 0 Å². The van der Waals surface area contributed by atoms with Crippen molar-refractivity contribution in [1.29, 1.82) is 0 Å². The molecule has 0 aliphatic carbocycles. The Hall–Kier alpha value is -3.84. The van der Waals surface area contributed by atoms with Gasteiger partial charge < -0.3 is 24.7 Å². The second-order valence-electron chi connectivity index (χ2n) is 9.19. The van der Waals surface area contributed by atoms with Gasteiger partial charge in [0.2, 0.25) is 0 Å². The molecule has 180 valence electrons. The number of fused-ring (bicyclic) bond motifs is 2. The molecule has 0 spiro atoms. The third-order valence-corrected chi connectivity index (χ3v) is 6.12. The molecule has 0 unspecified atom stereocenters. The second-order valence-corrected chi connectivity index (χ2v) is 9.19. The van der Waals surface area contributed by atoms with Crippen LogP contribution in [0.4, 0.5) is 0 Å². The lowest BCUT2D eigenvalue weighted by atomic mass is 10.1. The van der Waals surface area contributed by atoms with Crippen LogP contribution in [0.5, 0.6) is 11.5 Å². The Labute approximate surface area is 204 Å². The summed E-state index contributed by atoms with van der Waals surface area (Å²) >= 11 is 0. The van der Waals surface area contributed by atoms with Crippen molar-refractivity contribution in [3.8, 4) is 34.3 Å². The molecule has 0 aliphatic heterocycles. The first kappa shape index (κ1) is 22.9. The molecule has 5 aromatic rings. The summed E-state index contributed by atoms with van der Waals surface area (Å²) in [5, 5.41) is 9.68. The molecule has 5 rings (SSSR count). The normalized spacial score (nSPS) is 11.6. The van der Waals surface area contributed by atoms with Gasteiger partial charge in [0, 0.05) is 23.3 Å². The molecule has 3 aromatic carbocycles. The van der Waals surface area contributed by atoms with Crippen molar-refractivity contribution >= 4 is 22.1 Å². The predicted octanol–water partition coefficient (Wildman–Crippen LogP) is 5.98. The number of aromatic amines is 2. The van der Waals surface area contributed by atoms with Gasteiger partial charge in [0.05, 0.1) is 28.7 Å². The molecule has 0 aliphatic rings. The molecule has 3 N–H and O–H groups in total.